The van der Waals surface area contributed by atoms with Gasteiger partial charge in [0, 0.05) is 7.11 Å². The summed E-state index contributed by atoms with van der Waals surface area (Å²) in [4.78, 5) is 71.0. The highest BCUT2D eigenvalue weighted by Crippen LogP contribution is 2.65. The van der Waals surface area contributed by atoms with Crippen LogP contribution in [0.4, 0.5) is 10.5 Å². The number of carbonyl (C=O) groups excluding carboxylic acids is 4. The second kappa shape index (κ2) is 14.9. The van der Waals surface area contributed by atoms with Gasteiger partial charge in [-0.3, -0.25) is 19.3 Å². The van der Waals surface area contributed by atoms with Crippen molar-refractivity contribution in [3.63, 3.8) is 0 Å². The zero-order valence-corrected chi connectivity index (χ0v) is 31.4. The molecule has 0 bridgehead atoms. The number of para-hydroxylation sites is 3. The number of morpholine rings is 1. The number of fused-ring (bicyclic) bond motifs is 4. The number of phenolic OH excluding ortho intramolecular Hbond substituents is 1. The van der Waals surface area contributed by atoms with Crippen molar-refractivity contribution in [3.05, 3.63) is 162 Å². The quantitative estimate of drug-likeness (QED) is 0.117. The zero-order chi connectivity index (χ0) is 40.0. The van der Waals surface area contributed by atoms with E-state index in [0.717, 1.165) is 16.0 Å². The minimum atomic E-state index is -1.92. The van der Waals surface area contributed by atoms with Gasteiger partial charge in [-0.2, -0.15) is 0 Å². The molecular weight excluding hydrogens is 739 g/mol. The molecule has 6 unspecified atom stereocenters. The highest BCUT2D eigenvalue weighted by atomic mass is 16.6. The lowest BCUT2D eigenvalue weighted by Gasteiger charge is -2.46. The number of ether oxygens (including phenoxy) is 3. The predicted molar refractivity (Wildman–Crippen MR) is 211 cm³/mol. The molecule has 5 aromatic carbocycles. The first-order valence-corrected chi connectivity index (χ1v) is 19.0. The maximum Gasteiger partial charge on any atom is 0.421 e. The van der Waals surface area contributed by atoms with Gasteiger partial charge in [0.1, 0.15) is 35.7 Å². The van der Waals surface area contributed by atoms with Crippen molar-refractivity contribution in [1.29, 1.82) is 0 Å². The fourth-order valence-corrected chi connectivity index (χ4v) is 9.15. The third-order valence-corrected chi connectivity index (χ3v) is 11.4. The van der Waals surface area contributed by atoms with E-state index in [1.165, 1.54) is 19.2 Å². The minimum Gasteiger partial charge on any atom is -0.508 e. The van der Waals surface area contributed by atoms with Crippen LogP contribution in [0.15, 0.2) is 133 Å². The van der Waals surface area contributed by atoms with Crippen LogP contribution in [0.25, 0.3) is 11.0 Å². The number of esters is 1. The molecule has 1 aromatic heterocycles. The smallest absolute Gasteiger partial charge is 0.421 e. The van der Waals surface area contributed by atoms with Crippen molar-refractivity contribution in [3.8, 4) is 5.75 Å². The molecule has 0 saturated carbocycles. The summed E-state index contributed by atoms with van der Waals surface area (Å²) in [5, 5.41) is 13.6. The van der Waals surface area contributed by atoms with E-state index >= 15 is 9.59 Å². The summed E-state index contributed by atoms with van der Waals surface area (Å²) in [7, 11) is 1.47. The normalized spacial score (nSPS) is 23.7. The standard InChI is InChI=1S/C45H39N5O8/c1-56-24-25-57-44(55)49-34-19-11-8-16-31(34)45(43(49)54)36(41(52)46-26-35-47-32-17-9-10-18-33(32)48-35)38-42(53)58-39(28-14-6-3-7-15-28)37(27-12-4-2-5-13-27)50(38)40(45)29-20-22-30(51)23-21-29/h2-23,36-40,51H,24-26H2,1H3,(H,46,52)(H,47,48). The largest absolute Gasteiger partial charge is 0.508 e. The number of hydrogen-bond acceptors (Lipinski definition) is 10. The second-order valence-corrected chi connectivity index (χ2v) is 14.5. The molecule has 3 aliphatic heterocycles. The van der Waals surface area contributed by atoms with Crippen LogP contribution in [0.5, 0.6) is 5.75 Å². The Hall–Kier alpha value is -6.83. The Morgan fingerprint density at radius 3 is 2.21 bits per heavy atom. The number of nitrogens with one attached hydrogen (secondary N) is 2. The summed E-state index contributed by atoms with van der Waals surface area (Å²) in [6, 6.07) is 36.3. The second-order valence-electron chi connectivity index (χ2n) is 14.5. The molecule has 4 heterocycles. The number of benzene rings is 5. The topological polar surface area (TPSA) is 163 Å². The van der Waals surface area contributed by atoms with Gasteiger partial charge in [-0.1, -0.05) is 103 Å². The van der Waals surface area contributed by atoms with Crippen LogP contribution in [0.2, 0.25) is 0 Å². The third-order valence-electron chi connectivity index (χ3n) is 11.4. The summed E-state index contributed by atoms with van der Waals surface area (Å²) in [5.41, 5.74) is 2.14. The number of nitrogens with zero attached hydrogens (tertiary/aromatic N) is 3. The minimum absolute atomic E-state index is 0.0196. The molecule has 0 radical (unpaired) electrons. The molecule has 6 aromatic rings. The summed E-state index contributed by atoms with van der Waals surface area (Å²) in [6.07, 6.45) is -1.82. The van der Waals surface area contributed by atoms with Crippen LogP contribution in [0.3, 0.4) is 0 Å². The number of aromatic amines is 1. The average Bonchev–Trinajstić information content (AvgIpc) is 3.90. The number of rotatable bonds is 9. The van der Waals surface area contributed by atoms with Gasteiger partial charge >= 0.3 is 12.1 Å². The van der Waals surface area contributed by atoms with E-state index < -0.39 is 59.4 Å². The number of H-pyrrole nitrogens is 1. The first kappa shape index (κ1) is 36.8. The van der Waals surface area contributed by atoms with Gasteiger partial charge in [0.15, 0.2) is 0 Å². The van der Waals surface area contributed by atoms with E-state index in [-0.39, 0.29) is 31.2 Å². The zero-order valence-electron chi connectivity index (χ0n) is 31.4. The lowest BCUT2D eigenvalue weighted by atomic mass is 9.65. The van der Waals surface area contributed by atoms with Gasteiger partial charge in [0.25, 0.3) is 0 Å². The first-order chi connectivity index (χ1) is 28.3. The number of aromatic hydroxyl groups is 1. The molecule has 1 spiro atoms. The molecule has 3 amide bonds. The Balaban J connectivity index is 1.28. The maximum absolute atomic E-state index is 15.8. The van der Waals surface area contributed by atoms with Crippen molar-refractivity contribution in [2.75, 3.05) is 25.2 Å². The predicted octanol–water partition coefficient (Wildman–Crippen LogP) is 6.03. The number of cyclic esters (lactones) is 1. The maximum atomic E-state index is 15.8. The molecule has 0 aliphatic carbocycles. The fraction of sp³-hybridized carbons (Fsp3) is 0.222. The van der Waals surface area contributed by atoms with Crippen LogP contribution in [0.1, 0.15) is 46.3 Å². The summed E-state index contributed by atoms with van der Waals surface area (Å²) in [5.74, 6) is -3.10. The monoisotopic (exact) mass is 777 g/mol. The molecule has 3 aliphatic rings. The molecule has 13 heteroatoms. The molecule has 58 heavy (non-hydrogen) atoms. The molecule has 6 atom stereocenters. The number of phenols is 1. The van der Waals surface area contributed by atoms with Gasteiger partial charge < -0.3 is 29.6 Å². The average molecular weight is 778 g/mol. The van der Waals surface area contributed by atoms with Crippen LogP contribution in [-0.4, -0.2) is 70.2 Å². The Kier molecular flexibility index (Phi) is 9.46. The molecule has 2 fully saturated rings. The highest BCUT2D eigenvalue weighted by Gasteiger charge is 2.75. The summed E-state index contributed by atoms with van der Waals surface area (Å²) in [6.45, 7) is -0.100. The van der Waals surface area contributed by atoms with Crippen molar-refractivity contribution in [2.45, 2.75) is 36.2 Å². The van der Waals surface area contributed by atoms with Gasteiger partial charge in [-0.05, 0) is 52.6 Å². The number of imide groups is 1. The number of carbonyl (C=O) groups is 4. The van der Waals surface area contributed by atoms with E-state index in [1.807, 2.05) is 89.8 Å². The number of imidazole rings is 1. The number of methoxy groups -OCH3 is 1. The number of aromatic nitrogens is 2. The van der Waals surface area contributed by atoms with E-state index in [4.69, 9.17) is 14.2 Å². The lowest BCUT2D eigenvalue weighted by molar-refractivity contribution is -0.178. The number of amides is 3. The van der Waals surface area contributed by atoms with E-state index in [2.05, 4.69) is 15.3 Å². The van der Waals surface area contributed by atoms with Crippen LogP contribution >= 0.6 is 0 Å². The summed E-state index contributed by atoms with van der Waals surface area (Å²) < 4.78 is 17.2. The van der Waals surface area contributed by atoms with Gasteiger partial charge in [-0.15, -0.1) is 0 Å². The third kappa shape index (κ3) is 5.89. The first-order valence-electron chi connectivity index (χ1n) is 19.0. The van der Waals surface area contributed by atoms with Crippen molar-refractivity contribution in [1.82, 2.24) is 20.2 Å². The van der Waals surface area contributed by atoms with E-state index in [1.54, 1.807) is 36.4 Å². The van der Waals surface area contributed by atoms with Crippen molar-refractivity contribution >= 4 is 40.6 Å². The SMILES string of the molecule is COCCOC(=O)N1C(=O)C2(c3ccccc31)C(C(=O)NCc1nc3ccccc3[nH]1)C1C(=O)OC(c3ccccc3)C(c3ccccc3)N1C2c1ccc(O)cc1. The Morgan fingerprint density at radius 1 is 0.810 bits per heavy atom. The molecule has 3 N–H and O–H groups in total. The summed E-state index contributed by atoms with van der Waals surface area (Å²) >= 11 is 0. The van der Waals surface area contributed by atoms with Crippen LogP contribution < -0.4 is 10.2 Å². The Labute approximate surface area is 333 Å². The Bertz CT molecular complexity index is 2480. The lowest BCUT2D eigenvalue weighted by Crippen LogP contribution is -2.55. The Morgan fingerprint density at radius 2 is 1.48 bits per heavy atom. The fourth-order valence-electron chi connectivity index (χ4n) is 9.15. The molecule has 292 valence electrons. The van der Waals surface area contributed by atoms with Crippen LogP contribution in [-0.2, 0) is 40.6 Å². The molecule has 2 saturated heterocycles. The van der Waals surface area contributed by atoms with Gasteiger partial charge in [-0.25, -0.2) is 14.7 Å². The number of hydrogen-bond donors (Lipinski definition) is 3. The van der Waals surface area contributed by atoms with Gasteiger partial charge in [0.2, 0.25) is 11.8 Å². The van der Waals surface area contributed by atoms with Crippen LogP contribution in [0, 0.1) is 5.92 Å². The number of anilines is 1. The molecular formula is C45H39N5O8. The van der Waals surface area contributed by atoms with E-state index in [0.29, 0.717) is 28.0 Å². The van der Waals surface area contributed by atoms with Gasteiger partial charge in [0.05, 0.1) is 47.9 Å². The van der Waals surface area contributed by atoms with Crippen molar-refractivity contribution in [2.24, 2.45) is 5.92 Å². The highest BCUT2D eigenvalue weighted by molar-refractivity contribution is 6.23. The van der Waals surface area contributed by atoms with E-state index in [9.17, 15) is 14.7 Å². The van der Waals surface area contributed by atoms with Crippen molar-refractivity contribution < 1.29 is 38.5 Å². The molecule has 9 rings (SSSR count). The molecule has 13 nitrogen and oxygen atoms in total.